The minimum atomic E-state index is -2.00. The number of aliphatic hydroxyl groups excluding tert-OH is 9. The molecule has 3 aliphatic heterocycles. The highest BCUT2D eigenvalue weighted by atomic mass is 16.8. The van der Waals surface area contributed by atoms with E-state index in [-0.39, 0.29) is 0 Å². The van der Waals surface area contributed by atoms with Crippen molar-refractivity contribution >= 4 is 5.97 Å². The van der Waals surface area contributed by atoms with Gasteiger partial charge in [0.1, 0.15) is 61.0 Å². The molecule has 15 unspecified atom stereocenters. The number of aliphatic hydroxyl groups is 9. The topological polar surface area (TPSA) is 266 Å². The van der Waals surface area contributed by atoms with Crippen LogP contribution in [0.5, 0.6) is 0 Å². The smallest absolute Gasteiger partial charge is 0.335 e. The Morgan fingerprint density at radius 3 is 1.94 bits per heavy atom. The molecule has 3 saturated heterocycles. The Hall–Kier alpha value is -1.09. The molecule has 16 nitrogen and oxygen atoms in total. The number of hydrogen-bond donors (Lipinski definition) is 10. The van der Waals surface area contributed by atoms with Gasteiger partial charge in [-0.2, -0.15) is 0 Å². The lowest BCUT2D eigenvalue weighted by molar-refractivity contribution is -0.366. The Balaban J connectivity index is 1.73. The van der Waals surface area contributed by atoms with Crippen molar-refractivity contribution in [3.63, 3.8) is 0 Å². The molecule has 16 heteroatoms. The lowest BCUT2D eigenvalue weighted by Crippen LogP contribution is -2.65. The fourth-order valence-corrected chi connectivity index (χ4v) is 3.86. The summed E-state index contributed by atoms with van der Waals surface area (Å²) >= 11 is 0. The third-order valence-corrected chi connectivity index (χ3v) is 6.00. The van der Waals surface area contributed by atoms with Gasteiger partial charge in [0.15, 0.2) is 25.0 Å². The zero-order chi connectivity index (χ0) is 25.5. The largest absolute Gasteiger partial charge is 0.479 e. The van der Waals surface area contributed by atoms with Gasteiger partial charge in [-0.15, -0.1) is 0 Å². The number of carboxylic acid groups (broad SMARTS) is 1. The van der Waals surface area contributed by atoms with E-state index < -0.39 is 105 Å². The second-order valence-electron chi connectivity index (χ2n) is 8.40. The first-order valence-corrected chi connectivity index (χ1v) is 10.4. The molecule has 0 aromatic rings. The summed E-state index contributed by atoms with van der Waals surface area (Å²) in [5, 5.41) is 98.8. The first-order chi connectivity index (χ1) is 15.8. The zero-order valence-corrected chi connectivity index (χ0v) is 17.8. The Labute approximate surface area is 192 Å². The second-order valence-corrected chi connectivity index (χ2v) is 8.40. The predicted molar refractivity (Wildman–Crippen MR) is 100 cm³/mol. The van der Waals surface area contributed by atoms with Crippen LogP contribution in [0.4, 0.5) is 0 Å². The van der Waals surface area contributed by atoms with Gasteiger partial charge in [0.2, 0.25) is 0 Å². The number of ether oxygens (including phenoxy) is 5. The Kier molecular flexibility index (Phi) is 8.81. The number of carbonyl (C=O) groups is 1. The minimum absolute atomic E-state index is 0.588. The molecule has 3 rings (SSSR count). The van der Waals surface area contributed by atoms with Crippen LogP contribution >= 0.6 is 0 Å². The standard InChI is InChI=1S/C18H30O16/c1-3-5(19)9(23)14(34-17-12(26)8(22)10(24)13(33-17)15(27)28)18(31-3)30-2-4-6(20)7(21)11(25)16(29)32-4/h3-14,16-26,29H,2H2,1H3,(H,27,28). The van der Waals surface area contributed by atoms with Gasteiger partial charge in [0.25, 0.3) is 0 Å². The lowest BCUT2D eigenvalue weighted by atomic mass is 9.97. The van der Waals surface area contributed by atoms with E-state index in [0.29, 0.717) is 0 Å². The fraction of sp³-hybridized carbons (Fsp3) is 0.944. The average Bonchev–Trinajstić information content (AvgIpc) is 2.79. The van der Waals surface area contributed by atoms with E-state index in [1.807, 2.05) is 0 Å². The van der Waals surface area contributed by atoms with Crippen LogP contribution in [-0.2, 0) is 28.5 Å². The molecule has 0 saturated carbocycles. The van der Waals surface area contributed by atoms with Crippen molar-refractivity contribution in [1.82, 2.24) is 0 Å². The predicted octanol–water partition coefficient (Wildman–Crippen LogP) is -6.45. The van der Waals surface area contributed by atoms with E-state index in [4.69, 9.17) is 28.8 Å². The van der Waals surface area contributed by atoms with Gasteiger partial charge in [-0.3, -0.25) is 0 Å². The van der Waals surface area contributed by atoms with Gasteiger partial charge >= 0.3 is 5.97 Å². The molecular weight excluding hydrogens is 472 g/mol. The Morgan fingerprint density at radius 1 is 0.706 bits per heavy atom. The van der Waals surface area contributed by atoms with E-state index in [1.54, 1.807) is 0 Å². The molecule has 0 aromatic carbocycles. The van der Waals surface area contributed by atoms with Crippen LogP contribution in [0.2, 0.25) is 0 Å². The summed E-state index contributed by atoms with van der Waals surface area (Å²) in [6.45, 7) is 0.790. The van der Waals surface area contributed by atoms with Crippen molar-refractivity contribution in [1.29, 1.82) is 0 Å². The monoisotopic (exact) mass is 502 g/mol. The highest BCUT2D eigenvalue weighted by molar-refractivity contribution is 5.73. The molecule has 3 aliphatic rings. The van der Waals surface area contributed by atoms with Crippen molar-refractivity contribution in [2.24, 2.45) is 0 Å². The van der Waals surface area contributed by atoms with Crippen molar-refractivity contribution in [3.05, 3.63) is 0 Å². The molecular formula is C18H30O16. The van der Waals surface area contributed by atoms with Crippen molar-refractivity contribution in [2.45, 2.75) is 99.0 Å². The van der Waals surface area contributed by atoms with Crippen LogP contribution in [-0.4, -0.2) is 156 Å². The Bertz CT molecular complexity index is 695. The maximum atomic E-state index is 11.3. The summed E-state index contributed by atoms with van der Waals surface area (Å²) in [5.74, 6) is -1.67. The maximum absolute atomic E-state index is 11.3. The average molecular weight is 502 g/mol. The van der Waals surface area contributed by atoms with Gasteiger partial charge in [0.05, 0.1) is 12.7 Å². The lowest BCUT2D eigenvalue weighted by Gasteiger charge is -2.45. The number of carboxylic acids is 1. The molecule has 198 valence electrons. The molecule has 0 bridgehead atoms. The van der Waals surface area contributed by atoms with Crippen LogP contribution in [0, 0.1) is 0 Å². The number of aliphatic carboxylic acids is 1. The maximum Gasteiger partial charge on any atom is 0.335 e. The normalized spacial score (nSPS) is 52.4. The van der Waals surface area contributed by atoms with E-state index in [0.717, 1.165) is 0 Å². The first kappa shape index (κ1) is 27.5. The summed E-state index contributed by atoms with van der Waals surface area (Å²) in [5.41, 5.74) is 0. The molecule has 3 heterocycles. The van der Waals surface area contributed by atoms with Crippen LogP contribution in [0.25, 0.3) is 0 Å². The zero-order valence-electron chi connectivity index (χ0n) is 17.8. The van der Waals surface area contributed by atoms with E-state index >= 15 is 0 Å². The summed E-state index contributed by atoms with van der Waals surface area (Å²) in [6.07, 6.45) is -25.8. The highest BCUT2D eigenvalue weighted by Gasteiger charge is 2.52. The Morgan fingerprint density at radius 2 is 1.32 bits per heavy atom. The molecule has 3 fully saturated rings. The molecule has 0 radical (unpaired) electrons. The van der Waals surface area contributed by atoms with Gasteiger partial charge in [-0.05, 0) is 6.92 Å². The van der Waals surface area contributed by atoms with Crippen molar-refractivity contribution in [3.8, 4) is 0 Å². The highest BCUT2D eigenvalue weighted by Crippen LogP contribution is 2.30. The number of hydrogen-bond acceptors (Lipinski definition) is 15. The van der Waals surface area contributed by atoms with E-state index in [1.165, 1.54) is 6.92 Å². The minimum Gasteiger partial charge on any atom is -0.479 e. The molecule has 0 amide bonds. The van der Waals surface area contributed by atoms with Gasteiger partial charge in [0, 0.05) is 0 Å². The summed E-state index contributed by atoms with van der Waals surface area (Å²) in [7, 11) is 0. The molecule has 34 heavy (non-hydrogen) atoms. The molecule has 0 aliphatic carbocycles. The van der Waals surface area contributed by atoms with Crippen molar-refractivity contribution < 1.29 is 79.5 Å². The van der Waals surface area contributed by atoms with Crippen LogP contribution in [0.1, 0.15) is 6.92 Å². The SMILES string of the molecule is CC1OC(OCC2OC(O)C(O)C(O)C2O)C(OC2OC(C(=O)O)C(O)C(O)C2O)C(O)C1O. The van der Waals surface area contributed by atoms with E-state index in [9.17, 15) is 50.8 Å². The third kappa shape index (κ3) is 5.35. The summed E-state index contributed by atoms with van der Waals surface area (Å²) < 4.78 is 26.3. The molecule has 0 aromatic heterocycles. The van der Waals surface area contributed by atoms with Crippen molar-refractivity contribution in [2.75, 3.05) is 6.61 Å². The second kappa shape index (κ2) is 10.9. The summed E-state index contributed by atoms with van der Waals surface area (Å²) in [6, 6.07) is 0. The first-order valence-electron chi connectivity index (χ1n) is 10.4. The van der Waals surface area contributed by atoms with Crippen LogP contribution in [0.3, 0.4) is 0 Å². The van der Waals surface area contributed by atoms with Crippen LogP contribution in [0.15, 0.2) is 0 Å². The number of rotatable bonds is 6. The molecule has 10 N–H and O–H groups in total. The summed E-state index contributed by atoms with van der Waals surface area (Å²) in [4.78, 5) is 11.3. The third-order valence-electron chi connectivity index (χ3n) is 6.00. The molecule has 0 spiro atoms. The van der Waals surface area contributed by atoms with Crippen LogP contribution < -0.4 is 0 Å². The van der Waals surface area contributed by atoms with E-state index in [2.05, 4.69) is 0 Å². The molecule has 15 atom stereocenters. The van der Waals surface area contributed by atoms with Gasteiger partial charge < -0.3 is 74.7 Å². The fourth-order valence-electron chi connectivity index (χ4n) is 3.86. The van der Waals surface area contributed by atoms with Gasteiger partial charge in [-0.25, -0.2) is 4.79 Å². The quantitative estimate of drug-likeness (QED) is 0.162. The van der Waals surface area contributed by atoms with Gasteiger partial charge in [-0.1, -0.05) is 0 Å².